The SMILES string of the molecule is CC(C)(C)C(CO)N1CCCNCC1. The molecule has 0 aromatic carbocycles. The predicted octanol–water partition coefficient (Wildman–Crippen LogP) is 0.689. The fraction of sp³-hybridized carbons (Fsp3) is 1.00. The van der Waals surface area contributed by atoms with Crippen molar-refractivity contribution in [3.05, 3.63) is 0 Å². The number of hydrogen-bond donors (Lipinski definition) is 2. The van der Waals surface area contributed by atoms with Gasteiger partial charge >= 0.3 is 0 Å². The maximum atomic E-state index is 9.44. The Balaban J connectivity index is 2.58. The first-order chi connectivity index (χ1) is 6.55. The fourth-order valence-corrected chi connectivity index (χ4v) is 2.12. The van der Waals surface area contributed by atoms with Gasteiger partial charge in [0.25, 0.3) is 0 Å². The average molecular weight is 200 g/mol. The molecule has 2 N–H and O–H groups in total. The molecule has 0 radical (unpaired) electrons. The Bertz CT molecular complexity index is 157. The lowest BCUT2D eigenvalue weighted by atomic mass is 9.86. The zero-order chi connectivity index (χ0) is 10.6. The van der Waals surface area contributed by atoms with Crippen molar-refractivity contribution in [1.82, 2.24) is 10.2 Å². The summed E-state index contributed by atoms with van der Waals surface area (Å²) in [6.07, 6.45) is 1.19. The summed E-state index contributed by atoms with van der Waals surface area (Å²) < 4.78 is 0. The highest BCUT2D eigenvalue weighted by molar-refractivity contribution is 4.84. The molecule has 1 atom stereocenters. The highest BCUT2D eigenvalue weighted by Crippen LogP contribution is 2.24. The lowest BCUT2D eigenvalue weighted by molar-refractivity contribution is 0.0524. The standard InChI is InChI=1S/C11H24N2O/c1-11(2,3)10(9-14)13-7-4-5-12-6-8-13/h10,12,14H,4-9H2,1-3H3. The lowest BCUT2D eigenvalue weighted by Gasteiger charge is -2.38. The minimum absolute atomic E-state index is 0.166. The smallest absolute Gasteiger partial charge is 0.0591 e. The summed E-state index contributed by atoms with van der Waals surface area (Å²) in [7, 11) is 0. The van der Waals surface area contributed by atoms with E-state index in [2.05, 4.69) is 31.0 Å². The lowest BCUT2D eigenvalue weighted by Crippen LogP contribution is -2.47. The molecule has 3 nitrogen and oxygen atoms in total. The minimum atomic E-state index is 0.166. The van der Waals surface area contributed by atoms with Crippen LogP contribution >= 0.6 is 0 Å². The van der Waals surface area contributed by atoms with Crippen LogP contribution in [0.4, 0.5) is 0 Å². The number of aliphatic hydroxyl groups is 1. The van der Waals surface area contributed by atoms with E-state index in [-0.39, 0.29) is 12.0 Å². The highest BCUT2D eigenvalue weighted by atomic mass is 16.3. The Morgan fingerprint density at radius 2 is 2.00 bits per heavy atom. The Morgan fingerprint density at radius 1 is 1.29 bits per heavy atom. The van der Waals surface area contributed by atoms with Crippen molar-refractivity contribution in [2.45, 2.75) is 33.2 Å². The second kappa shape index (κ2) is 5.10. The van der Waals surface area contributed by atoms with Gasteiger partial charge in [0.15, 0.2) is 0 Å². The van der Waals surface area contributed by atoms with Gasteiger partial charge in [-0.05, 0) is 24.9 Å². The topological polar surface area (TPSA) is 35.5 Å². The second-order valence-electron chi connectivity index (χ2n) is 5.20. The summed E-state index contributed by atoms with van der Waals surface area (Å²) in [6.45, 7) is 11.2. The van der Waals surface area contributed by atoms with Crippen molar-refractivity contribution in [3.63, 3.8) is 0 Å². The van der Waals surface area contributed by atoms with E-state index < -0.39 is 0 Å². The van der Waals surface area contributed by atoms with Gasteiger partial charge in [-0.3, -0.25) is 4.90 Å². The van der Waals surface area contributed by atoms with Crippen LogP contribution in [-0.2, 0) is 0 Å². The first-order valence-electron chi connectivity index (χ1n) is 5.61. The molecular weight excluding hydrogens is 176 g/mol. The summed E-state index contributed by atoms with van der Waals surface area (Å²) in [4.78, 5) is 2.42. The van der Waals surface area contributed by atoms with Crippen LogP contribution in [0.1, 0.15) is 27.2 Å². The van der Waals surface area contributed by atoms with E-state index in [9.17, 15) is 5.11 Å². The van der Waals surface area contributed by atoms with E-state index in [1.165, 1.54) is 6.42 Å². The first-order valence-corrected chi connectivity index (χ1v) is 5.61. The van der Waals surface area contributed by atoms with E-state index in [0.29, 0.717) is 6.04 Å². The number of rotatable bonds is 2. The molecule has 0 spiro atoms. The molecular formula is C11H24N2O. The number of aliphatic hydroxyl groups excluding tert-OH is 1. The maximum Gasteiger partial charge on any atom is 0.0591 e. The van der Waals surface area contributed by atoms with Crippen molar-refractivity contribution in [2.75, 3.05) is 32.8 Å². The first kappa shape index (κ1) is 12.0. The van der Waals surface area contributed by atoms with Crippen LogP contribution in [-0.4, -0.2) is 48.8 Å². The van der Waals surface area contributed by atoms with Crippen molar-refractivity contribution < 1.29 is 5.11 Å². The van der Waals surface area contributed by atoms with Gasteiger partial charge in [-0.2, -0.15) is 0 Å². The summed E-state index contributed by atoms with van der Waals surface area (Å²) in [5.74, 6) is 0. The van der Waals surface area contributed by atoms with E-state index in [1.54, 1.807) is 0 Å². The molecule has 0 amide bonds. The number of hydrogen-bond acceptors (Lipinski definition) is 3. The van der Waals surface area contributed by atoms with Crippen molar-refractivity contribution in [2.24, 2.45) is 5.41 Å². The van der Waals surface area contributed by atoms with Gasteiger partial charge in [0.2, 0.25) is 0 Å². The monoisotopic (exact) mass is 200 g/mol. The van der Waals surface area contributed by atoms with Gasteiger partial charge in [-0.15, -0.1) is 0 Å². The van der Waals surface area contributed by atoms with E-state index >= 15 is 0 Å². The molecule has 1 aliphatic rings. The molecule has 14 heavy (non-hydrogen) atoms. The van der Waals surface area contributed by atoms with Crippen molar-refractivity contribution in [1.29, 1.82) is 0 Å². The van der Waals surface area contributed by atoms with Gasteiger partial charge in [-0.1, -0.05) is 20.8 Å². The molecule has 84 valence electrons. The highest BCUT2D eigenvalue weighted by Gasteiger charge is 2.29. The van der Waals surface area contributed by atoms with Gasteiger partial charge in [0.05, 0.1) is 6.61 Å². The minimum Gasteiger partial charge on any atom is -0.395 e. The zero-order valence-corrected chi connectivity index (χ0v) is 9.71. The molecule has 0 aromatic rings. The van der Waals surface area contributed by atoms with Crippen LogP contribution in [0.15, 0.2) is 0 Å². The average Bonchev–Trinajstić information content (AvgIpc) is 2.31. The van der Waals surface area contributed by atoms with Gasteiger partial charge in [0.1, 0.15) is 0 Å². The Hall–Kier alpha value is -0.120. The van der Waals surface area contributed by atoms with Crippen LogP contribution in [0.2, 0.25) is 0 Å². The third-order valence-corrected chi connectivity index (χ3v) is 2.99. The zero-order valence-electron chi connectivity index (χ0n) is 9.71. The summed E-state index contributed by atoms with van der Waals surface area (Å²) in [5, 5.41) is 12.8. The third-order valence-electron chi connectivity index (χ3n) is 2.99. The quantitative estimate of drug-likeness (QED) is 0.688. The Labute approximate surface area is 87.5 Å². The molecule has 1 heterocycles. The number of nitrogens with one attached hydrogen (secondary N) is 1. The maximum absolute atomic E-state index is 9.44. The number of nitrogens with zero attached hydrogens (tertiary/aromatic N) is 1. The molecule has 3 heteroatoms. The third kappa shape index (κ3) is 3.23. The molecule has 1 aliphatic heterocycles. The molecule has 0 aliphatic carbocycles. The predicted molar refractivity (Wildman–Crippen MR) is 59.4 cm³/mol. The van der Waals surface area contributed by atoms with Crippen LogP contribution in [0.5, 0.6) is 0 Å². The molecule has 0 aromatic heterocycles. The van der Waals surface area contributed by atoms with Crippen LogP contribution in [0, 0.1) is 5.41 Å². The summed E-state index contributed by atoms with van der Waals surface area (Å²) in [5.41, 5.74) is 0.166. The van der Waals surface area contributed by atoms with Crippen LogP contribution in [0.25, 0.3) is 0 Å². The molecule has 1 saturated heterocycles. The van der Waals surface area contributed by atoms with Crippen molar-refractivity contribution in [3.8, 4) is 0 Å². The largest absolute Gasteiger partial charge is 0.395 e. The van der Waals surface area contributed by atoms with Gasteiger partial charge < -0.3 is 10.4 Å². The normalized spacial score (nSPS) is 23.1. The summed E-state index contributed by atoms with van der Waals surface area (Å²) in [6, 6.07) is 0.294. The molecule has 1 unspecified atom stereocenters. The van der Waals surface area contributed by atoms with Gasteiger partial charge in [0, 0.05) is 19.1 Å². The fourth-order valence-electron chi connectivity index (χ4n) is 2.12. The van der Waals surface area contributed by atoms with E-state index in [4.69, 9.17) is 0 Å². The van der Waals surface area contributed by atoms with Crippen LogP contribution in [0.3, 0.4) is 0 Å². The van der Waals surface area contributed by atoms with Crippen LogP contribution < -0.4 is 5.32 Å². The molecule has 1 rings (SSSR count). The van der Waals surface area contributed by atoms with Gasteiger partial charge in [-0.25, -0.2) is 0 Å². The molecule has 0 saturated carbocycles. The molecule has 0 bridgehead atoms. The van der Waals surface area contributed by atoms with E-state index in [1.807, 2.05) is 0 Å². The van der Waals surface area contributed by atoms with E-state index in [0.717, 1.165) is 26.2 Å². The van der Waals surface area contributed by atoms with Crippen molar-refractivity contribution >= 4 is 0 Å². The second-order valence-corrected chi connectivity index (χ2v) is 5.20. The molecule has 1 fully saturated rings. The Morgan fingerprint density at radius 3 is 2.57 bits per heavy atom. The summed E-state index contributed by atoms with van der Waals surface area (Å²) >= 11 is 0. The Kier molecular flexibility index (Phi) is 4.35.